The molecule has 3 heterocycles. The zero-order chi connectivity index (χ0) is 24.9. The molecule has 4 rings (SSSR count). The fourth-order valence-corrected chi connectivity index (χ4v) is 7.81. The van der Waals surface area contributed by atoms with Crippen molar-refractivity contribution in [3.8, 4) is 10.4 Å². The summed E-state index contributed by atoms with van der Waals surface area (Å²) in [5, 5.41) is 10.1. The molecule has 2 aliphatic rings. The van der Waals surface area contributed by atoms with Gasteiger partial charge in [-0.1, -0.05) is 55.4 Å². The summed E-state index contributed by atoms with van der Waals surface area (Å²) in [6.45, 7) is 4.01. The number of thiazole rings is 1. The number of hydrogen-bond acceptors (Lipinski definition) is 8. The number of carbonyl (C=O) groups excluding carboxylic acids is 1. The third-order valence-electron chi connectivity index (χ3n) is 6.96. The molecule has 2 N–H and O–H groups in total. The standard InChI is InChI=1S/C24H34N4O5S2.ClH/c1-2-3-4-5-19-6-8-20(9-7-19)21-18-25-23(34-21)27-12-14-28(15-13-27)35(31,32)24(22(29)26-30)10-16-33-17-11-24;/h6-9,18,30H,2-5,10-17H2,1H3,(H,26,29);1H. The van der Waals surface area contributed by atoms with Gasteiger partial charge in [-0.05, 0) is 24.0 Å². The molecule has 0 bridgehead atoms. The Balaban J connectivity index is 0.00000361. The van der Waals surface area contributed by atoms with E-state index in [1.54, 1.807) is 16.8 Å². The van der Waals surface area contributed by atoms with Crippen molar-refractivity contribution >= 4 is 44.8 Å². The number of benzene rings is 1. The van der Waals surface area contributed by atoms with Crippen LogP contribution >= 0.6 is 23.7 Å². The minimum Gasteiger partial charge on any atom is -0.381 e. The van der Waals surface area contributed by atoms with Gasteiger partial charge in [0.15, 0.2) is 9.88 Å². The first-order chi connectivity index (χ1) is 16.9. The molecule has 36 heavy (non-hydrogen) atoms. The fraction of sp³-hybridized carbons (Fsp3) is 0.583. The molecule has 2 saturated heterocycles. The van der Waals surface area contributed by atoms with Crippen molar-refractivity contribution in [2.45, 2.75) is 50.2 Å². The quantitative estimate of drug-likeness (QED) is 0.275. The summed E-state index contributed by atoms with van der Waals surface area (Å²) in [5.41, 5.74) is 4.05. The number of nitrogens with zero attached hydrogens (tertiary/aromatic N) is 3. The van der Waals surface area contributed by atoms with E-state index in [9.17, 15) is 18.4 Å². The van der Waals surface area contributed by atoms with Gasteiger partial charge < -0.3 is 9.64 Å². The molecule has 0 radical (unpaired) electrons. The summed E-state index contributed by atoms with van der Waals surface area (Å²) >= 11 is 1.60. The predicted octanol–water partition coefficient (Wildman–Crippen LogP) is 3.47. The van der Waals surface area contributed by atoms with Crippen molar-refractivity contribution in [3.63, 3.8) is 0 Å². The number of rotatable bonds is 9. The Morgan fingerprint density at radius 2 is 1.81 bits per heavy atom. The van der Waals surface area contributed by atoms with Gasteiger partial charge in [-0.3, -0.25) is 10.0 Å². The van der Waals surface area contributed by atoms with Crippen LogP contribution in [0.4, 0.5) is 5.13 Å². The summed E-state index contributed by atoms with van der Waals surface area (Å²) in [6.07, 6.45) is 6.70. The Labute approximate surface area is 223 Å². The highest BCUT2D eigenvalue weighted by Gasteiger charge is 2.54. The molecule has 2 aliphatic heterocycles. The third-order valence-corrected chi connectivity index (χ3v) is 10.7. The van der Waals surface area contributed by atoms with Crippen LogP contribution in [0.1, 0.15) is 44.6 Å². The zero-order valence-corrected chi connectivity index (χ0v) is 23.0. The molecule has 0 spiro atoms. The van der Waals surface area contributed by atoms with Gasteiger partial charge in [0.05, 0.1) is 4.88 Å². The molecule has 0 unspecified atom stereocenters. The van der Waals surface area contributed by atoms with Gasteiger partial charge in [-0.15, -0.1) is 12.4 Å². The molecule has 200 valence electrons. The Hall–Kier alpha value is -1.76. The average Bonchev–Trinajstić information content (AvgIpc) is 3.39. The van der Waals surface area contributed by atoms with Crippen LogP contribution in [-0.2, 0) is 26.0 Å². The SMILES string of the molecule is CCCCCc1ccc(-c2cnc(N3CCN(S(=O)(=O)C4(C(=O)NO)CCOCC4)CC3)s2)cc1.Cl. The second-order valence-electron chi connectivity index (χ2n) is 9.10. The van der Waals surface area contributed by atoms with Gasteiger partial charge >= 0.3 is 0 Å². The number of unbranched alkanes of at least 4 members (excludes halogenated alkanes) is 2. The van der Waals surface area contributed by atoms with Gasteiger partial charge in [0.1, 0.15) is 0 Å². The largest absolute Gasteiger partial charge is 0.381 e. The van der Waals surface area contributed by atoms with E-state index in [1.165, 1.54) is 29.1 Å². The summed E-state index contributed by atoms with van der Waals surface area (Å²) < 4.78 is 31.9. The summed E-state index contributed by atoms with van der Waals surface area (Å²) in [6, 6.07) is 8.65. The van der Waals surface area contributed by atoms with Crippen molar-refractivity contribution in [1.82, 2.24) is 14.8 Å². The minimum absolute atomic E-state index is 0. The first-order valence-corrected chi connectivity index (χ1v) is 14.5. The number of hydroxylamine groups is 1. The molecule has 1 aromatic heterocycles. The van der Waals surface area contributed by atoms with Crippen LogP contribution in [0, 0.1) is 0 Å². The molecule has 1 amide bonds. The van der Waals surface area contributed by atoms with E-state index in [1.807, 2.05) is 6.20 Å². The normalized spacial score (nSPS) is 18.4. The highest BCUT2D eigenvalue weighted by Crippen LogP contribution is 2.35. The predicted molar refractivity (Wildman–Crippen MR) is 143 cm³/mol. The number of nitrogens with one attached hydrogen (secondary N) is 1. The second kappa shape index (κ2) is 12.7. The lowest BCUT2D eigenvalue weighted by Gasteiger charge is -2.41. The number of piperazine rings is 1. The second-order valence-corrected chi connectivity index (χ2v) is 12.4. The highest BCUT2D eigenvalue weighted by molar-refractivity contribution is 7.91. The number of sulfonamides is 1. The number of ether oxygens (including phenoxy) is 1. The number of carbonyl (C=O) groups is 1. The number of aryl methyl sites for hydroxylation is 1. The fourth-order valence-electron chi connectivity index (χ4n) is 4.73. The Morgan fingerprint density at radius 1 is 1.14 bits per heavy atom. The number of anilines is 1. The van der Waals surface area contributed by atoms with Crippen LogP contribution < -0.4 is 10.4 Å². The molecule has 0 saturated carbocycles. The molecule has 2 aromatic rings. The Morgan fingerprint density at radius 3 is 2.42 bits per heavy atom. The maximum absolute atomic E-state index is 13.5. The van der Waals surface area contributed by atoms with Gasteiger partial charge in [0.25, 0.3) is 5.91 Å². The van der Waals surface area contributed by atoms with Gasteiger partial charge in [-0.2, -0.15) is 4.31 Å². The van der Waals surface area contributed by atoms with Crippen LogP contribution in [0.2, 0.25) is 0 Å². The molecule has 1 aromatic carbocycles. The Kier molecular flexibility index (Phi) is 10.1. The van der Waals surface area contributed by atoms with E-state index in [0.29, 0.717) is 13.1 Å². The van der Waals surface area contributed by atoms with E-state index in [4.69, 9.17) is 4.74 Å². The van der Waals surface area contributed by atoms with Gasteiger partial charge in [-0.25, -0.2) is 18.9 Å². The lowest BCUT2D eigenvalue weighted by molar-refractivity contribution is -0.134. The maximum atomic E-state index is 13.5. The number of aromatic nitrogens is 1. The van der Waals surface area contributed by atoms with E-state index < -0.39 is 20.7 Å². The zero-order valence-electron chi connectivity index (χ0n) is 20.5. The van der Waals surface area contributed by atoms with Crippen molar-refractivity contribution in [3.05, 3.63) is 36.0 Å². The lowest BCUT2D eigenvalue weighted by atomic mass is 9.98. The van der Waals surface area contributed by atoms with E-state index in [2.05, 4.69) is 41.1 Å². The van der Waals surface area contributed by atoms with Crippen LogP contribution in [-0.4, -0.2) is 73.0 Å². The molecular weight excluding hydrogens is 524 g/mol. The minimum atomic E-state index is -3.98. The molecule has 12 heteroatoms. The summed E-state index contributed by atoms with van der Waals surface area (Å²) in [4.78, 5) is 20.2. The van der Waals surface area contributed by atoms with Gasteiger partial charge in [0, 0.05) is 58.4 Å². The molecule has 2 fully saturated rings. The van der Waals surface area contributed by atoms with Crippen LogP contribution in [0.5, 0.6) is 0 Å². The van der Waals surface area contributed by atoms with E-state index in [-0.39, 0.29) is 51.6 Å². The topological polar surface area (TPSA) is 112 Å². The van der Waals surface area contributed by atoms with E-state index in [0.717, 1.165) is 22.0 Å². The van der Waals surface area contributed by atoms with Crippen molar-refractivity contribution in [2.75, 3.05) is 44.3 Å². The van der Waals surface area contributed by atoms with Crippen LogP contribution in [0.15, 0.2) is 30.5 Å². The molecule has 0 atom stereocenters. The van der Waals surface area contributed by atoms with Crippen molar-refractivity contribution in [2.24, 2.45) is 0 Å². The maximum Gasteiger partial charge on any atom is 0.266 e. The number of halogens is 1. The monoisotopic (exact) mass is 558 g/mol. The van der Waals surface area contributed by atoms with Crippen molar-refractivity contribution in [1.29, 1.82) is 0 Å². The van der Waals surface area contributed by atoms with Crippen LogP contribution in [0.3, 0.4) is 0 Å². The first-order valence-electron chi connectivity index (χ1n) is 12.2. The average molecular weight is 559 g/mol. The smallest absolute Gasteiger partial charge is 0.266 e. The number of amides is 1. The molecule has 9 nitrogen and oxygen atoms in total. The molecular formula is C24H35ClN4O5S2. The summed E-state index contributed by atoms with van der Waals surface area (Å²) in [7, 11) is -3.98. The Bertz CT molecular complexity index is 1100. The lowest BCUT2D eigenvalue weighted by Crippen LogP contribution is -2.62. The third kappa shape index (κ3) is 5.87. The molecule has 0 aliphatic carbocycles. The van der Waals surface area contributed by atoms with Gasteiger partial charge in [0.2, 0.25) is 10.0 Å². The first kappa shape index (κ1) is 28.8. The van der Waals surface area contributed by atoms with E-state index >= 15 is 0 Å². The highest BCUT2D eigenvalue weighted by atomic mass is 35.5. The van der Waals surface area contributed by atoms with Crippen molar-refractivity contribution < 1.29 is 23.2 Å². The summed E-state index contributed by atoms with van der Waals surface area (Å²) in [5.74, 6) is -0.885. The van der Waals surface area contributed by atoms with Crippen LogP contribution in [0.25, 0.3) is 10.4 Å². The number of hydrogen-bond donors (Lipinski definition) is 2.